The molecule has 2 aromatic rings. The number of primary sulfonamides is 1. The first-order valence-electron chi connectivity index (χ1n) is 8.21. The average molecular weight is 462 g/mol. The zero-order chi connectivity index (χ0) is 20.5. The lowest BCUT2D eigenvalue weighted by molar-refractivity contribution is 0.102. The molecule has 1 aliphatic rings. The van der Waals surface area contributed by atoms with Gasteiger partial charge >= 0.3 is 0 Å². The minimum atomic E-state index is -3.94. The molecule has 1 fully saturated rings. The summed E-state index contributed by atoms with van der Waals surface area (Å²) >= 11 is 2.70. The quantitative estimate of drug-likeness (QED) is 0.698. The molecule has 152 valence electrons. The molecular formula is C16H19N3O5S4. The Balaban J connectivity index is 1.89. The van der Waals surface area contributed by atoms with Gasteiger partial charge in [-0.2, -0.15) is 16.1 Å². The molecule has 1 aromatic carbocycles. The summed E-state index contributed by atoms with van der Waals surface area (Å²) in [6.07, 6.45) is 0. The summed E-state index contributed by atoms with van der Waals surface area (Å²) in [7, 11) is -7.72. The zero-order valence-corrected chi connectivity index (χ0v) is 18.2. The summed E-state index contributed by atoms with van der Waals surface area (Å²) in [5, 5.41) is 9.30. The topological polar surface area (TPSA) is 127 Å². The van der Waals surface area contributed by atoms with Gasteiger partial charge in [0, 0.05) is 30.3 Å². The third-order valence-electron chi connectivity index (χ3n) is 4.18. The smallest absolute Gasteiger partial charge is 0.267 e. The molecule has 3 N–H and O–H groups in total. The standard InChI is InChI=1S/C16H19N3O5S4/c1-11-2-3-12(10-14(11)27(17,21)22)18-16(20)15-13(4-7-26-15)28(23,24)19-5-8-25-9-6-19/h2-4,7,10H,5-6,8-9H2,1H3,(H,18,20)(H2,17,21,22). The Hall–Kier alpha value is -1.44. The first kappa shape index (κ1) is 21.3. The van der Waals surface area contributed by atoms with E-state index in [2.05, 4.69) is 5.32 Å². The van der Waals surface area contributed by atoms with Crippen molar-refractivity contribution in [2.24, 2.45) is 5.14 Å². The minimum Gasteiger partial charge on any atom is -0.321 e. The number of hydrogen-bond acceptors (Lipinski definition) is 7. The summed E-state index contributed by atoms with van der Waals surface area (Å²) in [4.78, 5) is 12.6. The van der Waals surface area contributed by atoms with Gasteiger partial charge in [-0.15, -0.1) is 11.3 Å². The highest BCUT2D eigenvalue weighted by atomic mass is 32.2. The summed E-state index contributed by atoms with van der Waals surface area (Å²) in [6, 6.07) is 5.73. The molecule has 0 saturated carbocycles. The van der Waals surface area contributed by atoms with Crippen LogP contribution in [0, 0.1) is 6.92 Å². The van der Waals surface area contributed by atoms with Gasteiger partial charge in [0.15, 0.2) is 0 Å². The number of thioether (sulfide) groups is 1. The molecule has 8 nitrogen and oxygen atoms in total. The van der Waals surface area contributed by atoms with Gasteiger partial charge < -0.3 is 5.32 Å². The van der Waals surface area contributed by atoms with Crippen LogP contribution in [0.1, 0.15) is 15.2 Å². The fourth-order valence-electron chi connectivity index (χ4n) is 2.76. The number of nitrogens with zero attached hydrogens (tertiary/aromatic N) is 1. The molecule has 3 rings (SSSR count). The summed E-state index contributed by atoms with van der Waals surface area (Å²) in [6.45, 7) is 2.39. The molecule has 1 aromatic heterocycles. The maximum atomic E-state index is 12.9. The summed E-state index contributed by atoms with van der Waals surface area (Å²) in [5.41, 5.74) is 0.661. The predicted octanol–water partition coefficient (Wildman–Crippen LogP) is 1.69. The Morgan fingerprint density at radius 1 is 1.11 bits per heavy atom. The fourth-order valence-corrected chi connectivity index (χ4v) is 7.44. The Morgan fingerprint density at radius 2 is 1.79 bits per heavy atom. The maximum absolute atomic E-state index is 12.9. The molecule has 1 amide bonds. The van der Waals surface area contributed by atoms with E-state index in [1.165, 1.54) is 28.6 Å². The molecule has 0 bridgehead atoms. The fraction of sp³-hybridized carbons (Fsp3) is 0.312. The van der Waals surface area contributed by atoms with E-state index in [9.17, 15) is 21.6 Å². The molecule has 0 unspecified atom stereocenters. The third-order valence-corrected chi connectivity index (χ3v) is 9.15. The van der Waals surface area contributed by atoms with E-state index in [4.69, 9.17) is 5.14 Å². The predicted molar refractivity (Wildman–Crippen MR) is 111 cm³/mol. The number of rotatable bonds is 5. The van der Waals surface area contributed by atoms with Crippen molar-refractivity contribution in [1.82, 2.24) is 4.31 Å². The van der Waals surface area contributed by atoms with Crippen LogP contribution in [0.25, 0.3) is 0 Å². The molecule has 0 spiro atoms. The second-order valence-corrected chi connectivity index (χ2v) is 11.7. The van der Waals surface area contributed by atoms with E-state index in [0.717, 1.165) is 11.3 Å². The molecular weight excluding hydrogens is 442 g/mol. The third kappa shape index (κ3) is 4.42. The Kier molecular flexibility index (Phi) is 6.17. The van der Waals surface area contributed by atoms with Crippen LogP contribution >= 0.6 is 23.1 Å². The van der Waals surface area contributed by atoms with Crippen molar-refractivity contribution < 1.29 is 21.6 Å². The van der Waals surface area contributed by atoms with Crippen molar-refractivity contribution in [1.29, 1.82) is 0 Å². The molecule has 2 heterocycles. The number of aryl methyl sites for hydroxylation is 1. The van der Waals surface area contributed by atoms with Crippen LogP contribution in [0.3, 0.4) is 0 Å². The minimum absolute atomic E-state index is 0.0410. The Labute approximate surface area is 172 Å². The van der Waals surface area contributed by atoms with Crippen LogP contribution in [0.5, 0.6) is 0 Å². The van der Waals surface area contributed by atoms with Gasteiger partial charge in [-0.3, -0.25) is 4.79 Å². The second kappa shape index (κ2) is 8.13. The van der Waals surface area contributed by atoms with Gasteiger partial charge in [0.1, 0.15) is 9.77 Å². The largest absolute Gasteiger partial charge is 0.321 e. The van der Waals surface area contributed by atoms with Crippen LogP contribution < -0.4 is 10.5 Å². The van der Waals surface area contributed by atoms with Crippen LogP contribution in [0.15, 0.2) is 39.4 Å². The Bertz CT molecular complexity index is 1100. The van der Waals surface area contributed by atoms with E-state index in [-0.39, 0.29) is 20.4 Å². The van der Waals surface area contributed by atoms with Crippen molar-refractivity contribution in [3.05, 3.63) is 40.1 Å². The summed E-state index contributed by atoms with van der Waals surface area (Å²) in [5.74, 6) is 0.805. The number of nitrogens with one attached hydrogen (secondary N) is 1. The Morgan fingerprint density at radius 3 is 2.43 bits per heavy atom. The van der Waals surface area contributed by atoms with Gasteiger partial charge in [-0.1, -0.05) is 6.07 Å². The monoisotopic (exact) mass is 461 g/mol. The normalized spacial score (nSPS) is 16.1. The lowest BCUT2D eigenvalue weighted by atomic mass is 10.2. The molecule has 1 aliphatic heterocycles. The number of benzene rings is 1. The SMILES string of the molecule is Cc1ccc(NC(=O)c2sccc2S(=O)(=O)N2CCSCC2)cc1S(N)(=O)=O. The first-order chi connectivity index (χ1) is 13.1. The van der Waals surface area contributed by atoms with E-state index in [1.54, 1.807) is 24.1 Å². The number of thiophene rings is 1. The highest BCUT2D eigenvalue weighted by Gasteiger charge is 2.31. The van der Waals surface area contributed by atoms with E-state index in [0.29, 0.717) is 30.2 Å². The molecule has 0 aliphatic carbocycles. The molecule has 12 heteroatoms. The van der Waals surface area contributed by atoms with Crippen molar-refractivity contribution >= 4 is 54.7 Å². The number of carbonyl (C=O) groups excluding carboxylic acids is 1. The highest BCUT2D eigenvalue weighted by Crippen LogP contribution is 2.28. The second-order valence-electron chi connectivity index (χ2n) is 6.11. The number of sulfonamides is 2. The van der Waals surface area contributed by atoms with Crippen LogP contribution in [0.4, 0.5) is 5.69 Å². The number of nitrogens with two attached hydrogens (primary N) is 1. The number of anilines is 1. The van der Waals surface area contributed by atoms with Crippen LogP contribution in [-0.2, 0) is 20.0 Å². The van der Waals surface area contributed by atoms with Crippen molar-refractivity contribution in [3.63, 3.8) is 0 Å². The molecule has 1 saturated heterocycles. The molecule has 0 radical (unpaired) electrons. The van der Waals surface area contributed by atoms with Crippen molar-refractivity contribution in [2.45, 2.75) is 16.7 Å². The molecule has 28 heavy (non-hydrogen) atoms. The lowest BCUT2D eigenvalue weighted by Gasteiger charge is -2.25. The first-order valence-corrected chi connectivity index (χ1v) is 13.2. The zero-order valence-electron chi connectivity index (χ0n) is 14.9. The van der Waals surface area contributed by atoms with Gasteiger partial charge in [0.25, 0.3) is 5.91 Å². The van der Waals surface area contributed by atoms with E-state index >= 15 is 0 Å². The number of carbonyl (C=O) groups is 1. The van der Waals surface area contributed by atoms with Crippen molar-refractivity contribution in [2.75, 3.05) is 29.9 Å². The van der Waals surface area contributed by atoms with Gasteiger partial charge in [0.2, 0.25) is 20.0 Å². The average Bonchev–Trinajstić information content (AvgIpc) is 3.14. The van der Waals surface area contributed by atoms with Gasteiger partial charge in [-0.05, 0) is 36.1 Å². The van der Waals surface area contributed by atoms with Gasteiger partial charge in [0.05, 0.1) is 4.90 Å². The van der Waals surface area contributed by atoms with E-state index in [1.807, 2.05) is 0 Å². The van der Waals surface area contributed by atoms with Crippen LogP contribution in [-0.4, -0.2) is 51.6 Å². The van der Waals surface area contributed by atoms with Gasteiger partial charge in [-0.25, -0.2) is 22.0 Å². The van der Waals surface area contributed by atoms with Crippen LogP contribution in [0.2, 0.25) is 0 Å². The maximum Gasteiger partial charge on any atom is 0.267 e. The van der Waals surface area contributed by atoms with E-state index < -0.39 is 26.0 Å². The number of hydrogen-bond donors (Lipinski definition) is 2. The number of amides is 1. The summed E-state index contributed by atoms with van der Waals surface area (Å²) < 4.78 is 50.5. The highest BCUT2D eigenvalue weighted by molar-refractivity contribution is 7.99. The molecule has 0 atom stereocenters. The lowest BCUT2D eigenvalue weighted by Crippen LogP contribution is -2.38. The van der Waals surface area contributed by atoms with Crippen molar-refractivity contribution in [3.8, 4) is 0 Å².